The Morgan fingerprint density at radius 2 is 1.81 bits per heavy atom. The summed E-state index contributed by atoms with van der Waals surface area (Å²) in [6.45, 7) is 13.5. The number of carbonyl (C=O) groups is 2. The van der Waals surface area contributed by atoms with E-state index >= 15 is 4.39 Å². The molecular formula is C61H72FN11O6S. The van der Waals surface area contributed by atoms with Gasteiger partial charge in [-0.1, -0.05) is 68.4 Å². The minimum absolute atomic E-state index is 0.0364. The van der Waals surface area contributed by atoms with Crippen LogP contribution in [-0.4, -0.2) is 123 Å². The minimum atomic E-state index is -1.04. The van der Waals surface area contributed by atoms with Crippen LogP contribution in [0.5, 0.6) is 11.8 Å². The van der Waals surface area contributed by atoms with Gasteiger partial charge >= 0.3 is 6.01 Å². The number of piperidine rings is 1. The van der Waals surface area contributed by atoms with Crippen molar-refractivity contribution in [2.45, 2.75) is 134 Å². The number of phenolic OH excluding ortho intramolecular Hbond substituents is 1. The molecule has 0 saturated carbocycles. The minimum Gasteiger partial charge on any atom is -0.508 e. The number of aromatic nitrogens is 5. The Morgan fingerprint density at radius 3 is 2.55 bits per heavy atom. The summed E-state index contributed by atoms with van der Waals surface area (Å²) >= 11 is 1.59. The van der Waals surface area contributed by atoms with Crippen LogP contribution in [0.15, 0.2) is 76.9 Å². The lowest BCUT2D eigenvalue weighted by molar-refractivity contribution is -0.134. The number of rotatable bonds is 18. The number of thiazole rings is 1. The molecule has 5 aliphatic heterocycles. The topological polar surface area (TPSA) is 216 Å². The number of carbonyl (C=O) groups excluding carboxylic acids is 2. The number of phenols is 1. The molecule has 12 rings (SSSR count). The Hall–Kier alpha value is -6.64. The number of pyridine rings is 1. The number of anilines is 2. The molecule has 0 radical (unpaired) electrons. The molecule has 5 saturated heterocycles. The third kappa shape index (κ3) is 10.6. The van der Waals surface area contributed by atoms with Crippen molar-refractivity contribution in [3.63, 3.8) is 0 Å². The first-order valence-corrected chi connectivity index (χ1v) is 29.6. The van der Waals surface area contributed by atoms with E-state index in [0.717, 1.165) is 109 Å². The number of piperazine rings is 1. The number of nitrogens with one attached hydrogen (secondary N) is 4. The first-order valence-electron chi connectivity index (χ1n) is 28.8. The summed E-state index contributed by atoms with van der Waals surface area (Å²) in [5, 5.41) is 42.4. The number of benzene rings is 3. The molecule has 9 heterocycles. The van der Waals surface area contributed by atoms with Crippen molar-refractivity contribution in [2.24, 2.45) is 17.8 Å². The maximum atomic E-state index is 17.2. The van der Waals surface area contributed by atoms with Crippen molar-refractivity contribution in [3.8, 4) is 33.5 Å². The van der Waals surface area contributed by atoms with Crippen LogP contribution < -0.4 is 35.8 Å². The first-order chi connectivity index (χ1) is 38.8. The van der Waals surface area contributed by atoms with Gasteiger partial charge in [0.1, 0.15) is 28.5 Å². The molecule has 0 aliphatic carbocycles. The standard InChI is InChI=1S/C61H72FN11O6S/c1-6-36-8-7-9-39-24-44(74)25-45(51(36)39)54-53(62)55-46(27-64-54)59(72-29-41-14-15-42(30-72)68-41)70-61(69-55)78-21-18-40-22-35(16-19-63-40)23-43-17-20-73(43)49-26-48(79-71-49)50(32(2)3)57(76)52-47(75)28-65-56(52)60(77)67-33(4)37-10-12-38(13-11-37)58-34(5)66-31-80-58/h7-13,24-27,31-33,35,40-43,47,50,52,56,63,65,68,74-75H,6,14-23,28-30H2,1-5H3,(H,67,77)/t33-,35?,40?,41?,42?,43?,47?,50?,52?,56?/m0/s1. The summed E-state index contributed by atoms with van der Waals surface area (Å²) in [6, 6.07) is 19.1. The van der Waals surface area contributed by atoms with Crippen molar-refractivity contribution < 1.29 is 33.5 Å². The van der Waals surface area contributed by atoms with Gasteiger partial charge in [-0.25, -0.2) is 9.37 Å². The molecule has 9 unspecified atom stereocenters. The zero-order chi connectivity index (χ0) is 55.3. The van der Waals surface area contributed by atoms with Crippen LogP contribution in [-0.2, 0) is 16.0 Å². The molecule has 0 spiro atoms. The van der Waals surface area contributed by atoms with Crippen molar-refractivity contribution in [1.82, 2.24) is 46.4 Å². The van der Waals surface area contributed by atoms with Gasteiger partial charge in [0, 0.05) is 68.2 Å². The normalized spacial score (nSPS) is 24.6. The average molecular weight is 1110 g/mol. The van der Waals surface area contributed by atoms with Gasteiger partial charge in [0.15, 0.2) is 17.4 Å². The van der Waals surface area contributed by atoms with Crippen molar-refractivity contribution >= 4 is 56.3 Å². The van der Waals surface area contributed by atoms with E-state index in [1.165, 1.54) is 0 Å². The summed E-state index contributed by atoms with van der Waals surface area (Å²) in [5.41, 5.74) is 6.61. The van der Waals surface area contributed by atoms with Crippen molar-refractivity contribution in [2.75, 3.05) is 49.1 Å². The molecule has 1 amide bonds. The van der Waals surface area contributed by atoms with Gasteiger partial charge in [0.2, 0.25) is 5.91 Å². The summed E-state index contributed by atoms with van der Waals surface area (Å²) in [5.74, 6) is -0.789. The molecule has 5 fully saturated rings. The number of fused-ring (bicyclic) bond motifs is 4. The summed E-state index contributed by atoms with van der Waals surface area (Å²) in [7, 11) is 0. The molecule has 2 bridgehead atoms. The zero-order valence-electron chi connectivity index (χ0n) is 46.1. The van der Waals surface area contributed by atoms with Gasteiger partial charge in [-0.15, -0.1) is 11.3 Å². The lowest BCUT2D eigenvalue weighted by Gasteiger charge is -2.44. The van der Waals surface area contributed by atoms with E-state index in [4.69, 9.17) is 24.2 Å². The number of aryl methyl sites for hydroxylation is 2. The van der Waals surface area contributed by atoms with E-state index in [1.807, 2.05) is 81.7 Å². The monoisotopic (exact) mass is 1110 g/mol. The molecule has 420 valence electrons. The average Bonchev–Trinajstić information content (AvgIpc) is 4.28. The number of aliphatic hydroxyl groups is 1. The number of nitrogens with zero attached hydrogens (tertiary/aromatic N) is 7. The van der Waals surface area contributed by atoms with Crippen LogP contribution in [0.3, 0.4) is 0 Å². The summed E-state index contributed by atoms with van der Waals surface area (Å²) in [4.78, 5) is 52.9. The Bertz CT molecular complexity index is 3400. The number of ether oxygens (including phenoxy) is 1. The molecule has 10 atom stereocenters. The highest BCUT2D eigenvalue weighted by atomic mass is 32.1. The van der Waals surface area contributed by atoms with Gasteiger partial charge < -0.3 is 50.5 Å². The Labute approximate surface area is 469 Å². The predicted molar refractivity (Wildman–Crippen MR) is 308 cm³/mol. The second-order valence-electron chi connectivity index (χ2n) is 23.3. The molecule has 19 heteroatoms. The first kappa shape index (κ1) is 54.0. The lowest BCUT2D eigenvalue weighted by atomic mass is 9.79. The fourth-order valence-electron chi connectivity index (χ4n) is 13.4. The maximum Gasteiger partial charge on any atom is 0.319 e. The van der Waals surface area contributed by atoms with Gasteiger partial charge in [-0.3, -0.25) is 14.6 Å². The second kappa shape index (κ2) is 22.7. The summed E-state index contributed by atoms with van der Waals surface area (Å²) < 4.78 is 29.6. The van der Waals surface area contributed by atoms with Gasteiger partial charge in [0.25, 0.3) is 0 Å². The smallest absolute Gasteiger partial charge is 0.319 e. The fourth-order valence-corrected chi connectivity index (χ4v) is 14.2. The quantitative estimate of drug-likeness (QED) is 0.0475. The number of amides is 1. The highest BCUT2D eigenvalue weighted by Gasteiger charge is 2.48. The van der Waals surface area contributed by atoms with Crippen LogP contribution in [0, 0.1) is 30.5 Å². The third-order valence-corrected chi connectivity index (χ3v) is 18.7. The molecule has 3 aromatic carbocycles. The van der Waals surface area contributed by atoms with Crippen LogP contribution in [0.2, 0.25) is 0 Å². The number of β-amino-alcohol motifs (C(OH)–C–C–N with tert-alkyl or cyclic N) is 1. The van der Waals surface area contributed by atoms with Gasteiger partial charge in [-0.05, 0) is 123 Å². The maximum absolute atomic E-state index is 17.2. The van der Waals surface area contributed by atoms with Crippen LogP contribution in [0.25, 0.3) is 43.4 Å². The van der Waals surface area contributed by atoms with Crippen LogP contribution in [0.1, 0.15) is 107 Å². The van der Waals surface area contributed by atoms with E-state index in [1.54, 1.807) is 29.7 Å². The number of ketones is 1. The largest absolute Gasteiger partial charge is 0.508 e. The van der Waals surface area contributed by atoms with Crippen LogP contribution in [0.4, 0.5) is 16.0 Å². The second-order valence-corrected chi connectivity index (χ2v) is 24.1. The van der Waals surface area contributed by atoms with E-state index < -0.39 is 29.8 Å². The molecular weight excluding hydrogens is 1030 g/mol. The number of Topliss-reactive ketones (excluding diaryl/α,β-unsaturated/α-hetero) is 1. The number of hydrogen-bond donors (Lipinski definition) is 6. The van der Waals surface area contributed by atoms with Gasteiger partial charge in [0.05, 0.1) is 58.1 Å². The molecule has 80 heavy (non-hydrogen) atoms. The highest BCUT2D eigenvalue weighted by Crippen LogP contribution is 2.41. The summed E-state index contributed by atoms with van der Waals surface area (Å²) in [6.07, 6.45) is 8.22. The fraction of sp³-hybridized carbons (Fsp3) is 0.492. The van der Waals surface area contributed by atoms with E-state index in [2.05, 4.69) is 48.1 Å². The van der Waals surface area contributed by atoms with Crippen LogP contribution >= 0.6 is 11.3 Å². The van der Waals surface area contributed by atoms with Crippen molar-refractivity contribution in [1.29, 1.82) is 0 Å². The molecule has 4 aromatic heterocycles. The third-order valence-electron chi connectivity index (χ3n) is 17.7. The Morgan fingerprint density at radius 1 is 1.00 bits per heavy atom. The van der Waals surface area contributed by atoms with E-state index in [-0.39, 0.29) is 65.2 Å². The number of aromatic hydroxyl groups is 1. The highest BCUT2D eigenvalue weighted by molar-refractivity contribution is 7.13. The number of aliphatic hydroxyl groups excluding tert-OH is 1. The van der Waals surface area contributed by atoms with E-state index in [0.29, 0.717) is 59.4 Å². The molecule has 7 aromatic rings. The lowest BCUT2D eigenvalue weighted by Crippen LogP contribution is -2.51. The predicted octanol–water partition coefficient (Wildman–Crippen LogP) is 8.55. The van der Waals surface area contributed by atoms with E-state index in [9.17, 15) is 19.8 Å². The number of halogens is 1. The number of hydrogen-bond acceptors (Lipinski definition) is 17. The zero-order valence-corrected chi connectivity index (χ0v) is 46.9. The molecule has 6 N–H and O–H groups in total. The Balaban J connectivity index is 0.689. The van der Waals surface area contributed by atoms with Crippen molar-refractivity contribution in [3.05, 3.63) is 101 Å². The molecule has 17 nitrogen and oxygen atoms in total. The SMILES string of the molecule is CCc1cccc2cc(O)cc(-c3ncc4c(N5CC6CCC(C5)N6)nc(OCCC5CC(CC6CCN6c6cc(C(C(=O)C7C(O)CNC7C(=O)N[C@@H](C)c7ccc(-c8scnc8C)cc7)C(C)C)on6)CCN5)nc4c3F)c12. The molecule has 5 aliphatic rings. The van der Waals surface area contributed by atoms with Gasteiger partial charge in [-0.2, -0.15) is 9.97 Å². The Kier molecular flexibility index (Phi) is 15.3.